The average Bonchev–Trinajstić information content (AvgIpc) is 2.62. The van der Waals surface area contributed by atoms with Crippen LogP contribution in [-0.2, 0) is 0 Å². The van der Waals surface area contributed by atoms with Gasteiger partial charge >= 0.3 is 0 Å². The van der Waals surface area contributed by atoms with E-state index in [9.17, 15) is 4.39 Å². The molecule has 134 valence electrons. The second-order valence-corrected chi connectivity index (χ2v) is 6.22. The Morgan fingerprint density at radius 3 is 2.59 bits per heavy atom. The Bertz CT molecular complexity index is 1160. The number of aromatic nitrogens is 3. The number of hydrogen-bond acceptors (Lipinski definition) is 6. The molecule has 2 aromatic heterocycles. The van der Waals surface area contributed by atoms with Gasteiger partial charge in [0.1, 0.15) is 11.6 Å². The molecule has 0 amide bonds. The molecule has 4 aromatic rings. The SMILES string of the molecule is Cc1cc(N)c2cc(Nc3cc(-c4cccc(F)c4)nc(N)n3)ccc2n1. The first kappa shape index (κ1) is 16.7. The van der Waals surface area contributed by atoms with Crippen molar-refractivity contribution in [2.45, 2.75) is 6.92 Å². The van der Waals surface area contributed by atoms with Gasteiger partial charge in [-0.25, -0.2) is 9.37 Å². The van der Waals surface area contributed by atoms with Crippen LogP contribution in [0.1, 0.15) is 5.69 Å². The summed E-state index contributed by atoms with van der Waals surface area (Å²) in [5, 5.41) is 4.04. The topological polar surface area (TPSA) is 103 Å². The number of nitrogen functional groups attached to an aromatic ring is 2. The van der Waals surface area contributed by atoms with Gasteiger partial charge in [0.05, 0.1) is 11.2 Å². The lowest BCUT2D eigenvalue weighted by Gasteiger charge is -2.10. The van der Waals surface area contributed by atoms with E-state index in [1.54, 1.807) is 18.2 Å². The summed E-state index contributed by atoms with van der Waals surface area (Å²) < 4.78 is 13.5. The van der Waals surface area contributed by atoms with Crippen LogP contribution in [0, 0.1) is 12.7 Å². The number of nitrogens with zero attached hydrogens (tertiary/aromatic N) is 3. The highest BCUT2D eigenvalue weighted by atomic mass is 19.1. The minimum atomic E-state index is -0.341. The molecule has 5 N–H and O–H groups in total. The highest BCUT2D eigenvalue weighted by Crippen LogP contribution is 2.27. The lowest BCUT2D eigenvalue weighted by molar-refractivity contribution is 0.628. The van der Waals surface area contributed by atoms with Crippen LogP contribution in [0.3, 0.4) is 0 Å². The van der Waals surface area contributed by atoms with E-state index in [1.807, 2.05) is 31.2 Å². The van der Waals surface area contributed by atoms with Crippen LogP contribution in [0.25, 0.3) is 22.2 Å². The average molecular weight is 360 g/mol. The largest absolute Gasteiger partial charge is 0.398 e. The van der Waals surface area contributed by atoms with Gasteiger partial charge in [0.25, 0.3) is 0 Å². The molecule has 0 bridgehead atoms. The van der Waals surface area contributed by atoms with Gasteiger partial charge in [-0.15, -0.1) is 0 Å². The van der Waals surface area contributed by atoms with Crippen LogP contribution in [-0.4, -0.2) is 15.0 Å². The van der Waals surface area contributed by atoms with Gasteiger partial charge < -0.3 is 16.8 Å². The standard InChI is InChI=1S/C20H17FN6/c1-11-7-16(22)15-9-14(5-6-17(15)24-11)25-19-10-18(26-20(23)27-19)12-3-2-4-13(21)8-12/h2-10H,1H3,(H2,22,24)(H3,23,25,26,27). The van der Waals surface area contributed by atoms with E-state index < -0.39 is 0 Å². The third-order valence-corrected chi connectivity index (χ3v) is 4.10. The second kappa shape index (κ2) is 6.53. The van der Waals surface area contributed by atoms with Crippen LogP contribution in [0.4, 0.5) is 27.5 Å². The fourth-order valence-corrected chi connectivity index (χ4v) is 2.94. The number of rotatable bonds is 3. The molecule has 4 rings (SSSR count). The zero-order valence-electron chi connectivity index (χ0n) is 14.6. The number of pyridine rings is 1. The molecule has 0 saturated heterocycles. The highest BCUT2D eigenvalue weighted by Gasteiger charge is 2.08. The van der Waals surface area contributed by atoms with Gasteiger partial charge in [-0.3, -0.25) is 4.98 Å². The quantitative estimate of drug-likeness (QED) is 0.509. The van der Waals surface area contributed by atoms with E-state index in [2.05, 4.69) is 20.3 Å². The van der Waals surface area contributed by atoms with Crippen molar-refractivity contribution in [1.29, 1.82) is 0 Å². The summed E-state index contributed by atoms with van der Waals surface area (Å²) in [4.78, 5) is 12.9. The third-order valence-electron chi connectivity index (χ3n) is 4.10. The molecule has 0 aliphatic rings. The minimum absolute atomic E-state index is 0.0943. The van der Waals surface area contributed by atoms with E-state index in [-0.39, 0.29) is 11.8 Å². The third kappa shape index (κ3) is 3.48. The predicted octanol–water partition coefficient (Wildman–Crippen LogP) is 4.05. The van der Waals surface area contributed by atoms with E-state index in [4.69, 9.17) is 11.5 Å². The Labute approximate surface area is 155 Å². The van der Waals surface area contributed by atoms with Crippen LogP contribution in [0.15, 0.2) is 54.6 Å². The molecule has 2 heterocycles. The summed E-state index contributed by atoms with van der Waals surface area (Å²) in [5.41, 5.74) is 16.2. The fourth-order valence-electron chi connectivity index (χ4n) is 2.94. The number of halogens is 1. The molecule has 0 atom stereocenters. The van der Waals surface area contributed by atoms with Crippen molar-refractivity contribution in [3.63, 3.8) is 0 Å². The Morgan fingerprint density at radius 1 is 0.926 bits per heavy atom. The summed E-state index contributed by atoms with van der Waals surface area (Å²) in [6, 6.07) is 15.4. The van der Waals surface area contributed by atoms with Crippen LogP contribution < -0.4 is 16.8 Å². The molecular formula is C20H17FN6. The summed E-state index contributed by atoms with van der Waals surface area (Å²) in [6.07, 6.45) is 0. The van der Waals surface area contributed by atoms with Gasteiger partial charge in [0, 0.05) is 34.1 Å². The first-order valence-corrected chi connectivity index (χ1v) is 8.32. The van der Waals surface area contributed by atoms with Crippen molar-refractivity contribution in [2.24, 2.45) is 0 Å². The zero-order valence-corrected chi connectivity index (χ0v) is 14.6. The van der Waals surface area contributed by atoms with Gasteiger partial charge in [0.2, 0.25) is 5.95 Å². The summed E-state index contributed by atoms with van der Waals surface area (Å²) in [5.74, 6) is 0.253. The highest BCUT2D eigenvalue weighted by molar-refractivity contribution is 5.93. The predicted molar refractivity (Wildman–Crippen MR) is 106 cm³/mol. The smallest absolute Gasteiger partial charge is 0.222 e. The molecule has 7 heteroatoms. The Kier molecular flexibility index (Phi) is 4.04. The normalized spacial score (nSPS) is 10.9. The van der Waals surface area contributed by atoms with E-state index >= 15 is 0 Å². The first-order valence-electron chi connectivity index (χ1n) is 8.32. The number of hydrogen-bond donors (Lipinski definition) is 3. The number of anilines is 4. The summed E-state index contributed by atoms with van der Waals surface area (Å²) in [6.45, 7) is 1.90. The molecule has 27 heavy (non-hydrogen) atoms. The Morgan fingerprint density at radius 2 is 1.78 bits per heavy atom. The number of fused-ring (bicyclic) bond motifs is 1. The van der Waals surface area contributed by atoms with Crippen LogP contribution in [0.2, 0.25) is 0 Å². The molecule has 0 saturated carbocycles. The summed E-state index contributed by atoms with van der Waals surface area (Å²) in [7, 11) is 0. The van der Waals surface area contributed by atoms with Crippen molar-refractivity contribution in [2.75, 3.05) is 16.8 Å². The Balaban J connectivity index is 1.71. The minimum Gasteiger partial charge on any atom is -0.398 e. The molecule has 0 spiro atoms. The fraction of sp³-hybridized carbons (Fsp3) is 0.0500. The number of aryl methyl sites for hydroxylation is 1. The number of nitrogens with two attached hydrogens (primary N) is 2. The van der Waals surface area contributed by atoms with E-state index in [1.165, 1.54) is 12.1 Å². The molecule has 0 aliphatic heterocycles. The van der Waals surface area contributed by atoms with Crippen molar-refractivity contribution in [3.05, 3.63) is 66.1 Å². The molecular weight excluding hydrogens is 343 g/mol. The van der Waals surface area contributed by atoms with Gasteiger partial charge in [-0.1, -0.05) is 12.1 Å². The summed E-state index contributed by atoms with van der Waals surface area (Å²) >= 11 is 0. The molecule has 6 nitrogen and oxygen atoms in total. The molecule has 0 unspecified atom stereocenters. The zero-order chi connectivity index (χ0) is 19.0. The van der Waals surface area contributed by atoms with Crippen LogP contribution >= 0.6 is 0 Å². The van der Waals surface area contributed by atoms with Crippen molar-refractivity contribution < 1.29 is 4.39 Å². The monoisotopic (exact) mass is 360 g/mol. The van der Waals surface area contributed by atoms with E-state index in [0.29, 0.717) is 22.8 Å². The second-order valence-electron chi connectivity index (χ2n) is 6.22. The lowest BCUT2D eigenvalue weighted by atomic mass is 10.1. The van der Waals surface area contributed by atoms with Crippen molar-refractivity contribution in [1.82, 2.24) is 15.0 Å². The maximum absolute atomic E-state index is 13.5. The number of benzene rings is 2. The van der Waals surface area contributed by atoms with Gasteiger partial charge in [-0.05, 0) is 43.3 Å². The molecule has 0 fully saturated rings. The van der Waals surface area contributed by atoms with E-state index in [0.717, 1.165) is 22.3 Å². The molecule has 2 aromatic carbocycles. The van der Waals surface area contributed by atoms with Crippen LogP contribution in [0.5, 0.6) is 0 Å². The maximum atomic E-state index is 13.5. The Hall–Kier alpha value is -3.74. The van der Waals surface area contributed by atoms with Gasteiger partial charge in [0.15, 0.2) is 0 Å². The van der Waals surface area contributed by atoms with Crippen molar-refractivity contribution in [3.8, 4) is 11.3 Å². The molecule has 0 aliphatic carbocycles. The van der Waals surface area contributed by atoms with Crippen molar-refractivity contribution >= 4 is 34.0 Å². The maximum Gasteiger partial charge on any atom is 0.222 e. The number of nitrogens with one attached hydrogen (secondary N) is 1. The first-order chi connectivity index (χ1) is 13.0. The van der Waals surface area contributed by atoms with Gasteiger partial charge in [-0.2, -0.15) is 4.98 Å². The lowest BCUT2D eigenvalue weighted by Crippen LogP contribution is -2.02. The molecule has 0 radical (unpaired) electrons.